The molecule has 1 aromatic rings. The second-order valence-electron chi connectivity index (χ2n) is 5.78. The zero-order valence-electron chi connectivity index (χ0n) is 10.6. The molecule has 0 spiro atoms. The molecule has 0 aromatic carbocycles. The van der Waals surface area contributed by atoms with E-state index in [1.165, 1.54) is 37.0 Å². The van der Waals surface area contributed by atoms with Gasteiger partial charge in [0, 0.05) is 6.04 Å². The topological polar surface area (TPSA) is 61.8 Å². The van der Waals surface area contributed by atoms with E-state index in [1.807, 2.05) is 6.07 Å². The molecule has 1 aromatic heterocycles. The van der Waals surface area contributed by atoms with Crippen LogP contribution in [0.15, 0.2) is 6.07 Å². The van der Waals surface area contributed by atoms with Gasteiger partial charge in [0.2, 0.25) is 0 Å². The van der Waals surface area contributed by atoms with E-state index >= 15 is 0 Å². The van der Waals surface area contributed by atoms with E-state index in [1.54, 1.807) is 0 Å². The van der Waals surface area contributed by atoms with E-state index < -0.39 is 0 Å². The Morgan fingerprint density at radius 2 is 2.33 bits per heavy atom. The molecule has 0 radical (unpaired) electrons. The third-order valence-electron chi connectivity index (χ3n) is 4.67. The molecule has 0 saturated heterocycles. The monoisotopic (exact) mass is 261 g/mol. The first-order valence-corrected chi connectivity index (χ1v) is 7.55. The van der Waals surface area contributed by atoms with Crippen molar-refractivity contribution in [2.24, 2.45) is 17.8 Å². The molecule has 2 fully saturated rings. The fourth-order valence-corrected chi connectivity index (χ4v) is 4.67. The number of nitrogens with two attached hydrogens (primary N) is 1. The Labute approximate surface area is 112 Å². The van der Waals surface area contributed by atoms with Gasteiger partial charge >= 0.3 is 0 Å². The first-order chi connectivity index (χ1) is 8.67. The van der Waals surface area contributed by atoms with Crippen LogP contribution in [0.4, 0.5) is 10.7 Å². The highest BCUT2D eigenvalue weighted by Gasteiger charge is 2.41. The van der Waals surface area contributed by atoms with Crippen LogP contribution in [0.3, 0.4) is 0 Å². The molecule has 1 heterocycles. The average Bonchev–Trinajstić information content (AvgIpc) is 3.03. The van der Waals surface area contributed by atoms with Crippen molar-refractivity contribution in [3.05, 3.63) is 10.9 Å². The standard InChI is InChI=1S/C14H19N3S/c1-8(11-5-9-2-3-10(11)4-9)17-14-6-12(16)13(7-15)18-14/h6,8-11,17H,2-5,16H2,1H3. The number of hydrogen-bond acceptors (Lipinski definition) is 4. The minimum atomic E-state index is 0.491. The Morgan fingerprint density at radius 1 is 1.50 bits per heavy atom. The summed E-state index contributed by atoms with van der Waals surface area (Å²) in [5.41, 5.74) is 6.39. The number of nitriles is 1. The van der Waals surface area contributed by atoms with Gasteiger partial charge in [-0.15, -0.1) is 11.3 Å². The van der Waals surface area contributed by atoms with Gasteiger partial charge in [0.05, 0.1) is 10.7 Å². The van der Waals surface area contributed by atoms with Crippen molar-refractivity contribution in [2.75, 3.05) is 11.1 Å². The lowest BCUT2D eigenvalue weighted by atomic mass is 9.84. The number of nitrogens with one attached hydrogen (secondary N) is 1. The van der Waals surface area contributed by atoms with Crippen LogP contribution in [0.1, 0.15) is 37.5 Å². The van der Waals surface area contributed by atoms with Crippen molar-refractivity contribution < 1.29 is 0 Å². The third kappa shape index (κ3) is 1.97. The predicted octanol–water partition coefficient (Wildman–Crippen LogP) is 3.44. The normalized spacial score (nSPS) is 31.2. The molecule has 4 atom stereocenters. The third-order valence-corrected chi connectivity index (χ3v) is 5.65. The molecule has 0 aliphatic heterocycles. The van der Waals surface area contributed by atoms with E-state index in [0.717, 1.165) is 22.8 Å². The Kier molecular flexibility index (Phi) is 2.95. The quantitative estimate of drug-likeness (QED) is 0.876. The number of thiophene rings is 1. The molecular weight excluding hydrogens is 242 g/mol. The average molecular weight is 261 g/mol. The molecular formula is C14H19N3S. The van der Waals surface area contributed by atoms with Crippen LogP contribution >= 0.6 is 11.3 Å². The lowest BCUT2D eigenvalue weighted by Crippen LogP contribution is -2.29. The maximum atomic E-state index is 8.92. The number of fused-ring (bicyclic) bond motifs is 2. The van der Waals surface area contributed by atoms with E-state index in [9.17, 15) is 0 Å². The fourth-order valence-electron chi connectivity index (χ4n) is 3.80. The summed E-state index contributed by atoms with van der Waals surface area (Å²) < 4.78 is 0. The van der Waals surface area contributed by atoms with E-state index in [-0.39, 0.29) is 0 Å². The Balaban J connectivity index is 1.67. The van der Waals surface area contributed by atoms with Gasteiger partial charge in [-0.3, -0.25) is 0 Å². The Bertz CT molecular complexity index is 488. The van der Waals surface area contributed by atoms with Crippen molar-refractivity contribution in [1.29, 1.82) is 5.26 Å². The van der Waals surface area contributed by atoms with Crippen LogP contribution in [-0.4, -0.2) is 6.04 Å². The molecule has 2 saturated carbocycles. The summed E-state index contributed by atoms with van der Waals surface area (Å²) in [4.78, 5) is 0.623. The van der Waals surface area contributed by atoms with E-state index in [0.29, 0.717) is 16.6 Å². The molecule has 4 unspecified atom stereocenters. The summed E-state index contributed by atoms with van der Waals surface area (Å²) in [6.07, 6.45) is 5.67. The molecule has 96 valence electrons. The van der Waals surface area contributed by atoms with Crippen molar-refractivity contribution in [3.8, 4) is 6.07 Å². The number of hydrogen-bond donors (Lipinski definition) is 2. The number of nitrogens with zero attached hydrogens (tertiary/aromatic N) is 1. The molecule has 2 aliphatic rings. The van der Waals surface area contributed by atoms with Crippen LogP contribution < -0.4 is 11.1 Å². The molecule has 4 heteroatoms. The predicted molar refractivity (Wildman–Crippen MR) is 75.5 cm³/mol. The summed E-state index contributed by atoms with van der Waals surface area (Å²) >= 11 is 1.47. The lowest BCUT2D eigenvalue weighted by Gasteiger charge is -2.28. The molecule has 3 nitrogen and oxygen atoms in total. The van der Waals surface area contributed by atoms with Crippen molar-refractivity contribution in [1.82, 2.24) is 0 Å². The van der Waals surface area contributed by atoms with Crippen LogP contribution in [0.2, 0.25) is 0 Å². The maximum Gasteiger partial charge on any atom is 0.129 e. The number of anilines is 2. The van der Waals surface area contributed by atoms with Gasteiger partial charge in [0.15, 0.2) is 0 Å². The van der Waals surface area contributed by atoms with Gasteiger partial charge in [0.1, 0.15) is 10.9 Å². The zero-order valence-corrected chi connectivity index (χ0v) is 11.5. The second kappa shape index (κ2) is 4.47. The van der Waals surface area contributed by atoms with Gasteiger partial charge in [-0.25, -0.2) is 0 Å². The minimum absolute atomic E-state index is 0.491. The molecule has 0 amide bonds. The van der Waals surface area contributed by atoms with E-state index in [4.69, 9.17) is 11.0 Å². The first kappa shape index (κ1) is 11.9. The Hall–Kier alpha value is -1.21. The molecule has 18 heavy (non-hydrogen) atoms. The summed E-state index contributed by atoms with van der Waals surface area (Å²) in [6.45, 7) is 2.27. The van der Waals surface area contributed by atoms with Crippen LogP contribution in [0.5, 0.6) is 0 Å². The highest BCUT2D eigenvalue weighted by molar-refractivity contribution is 7.17. The highest BCUT2D eigenvalue weighted by atomic mass is 32.1. The largest absolute Gasteiger partial charge is 0.397 e. The van der Waals surface area contributed by atoms with Crippen LogP contribution in [0.25, 0.3) is 0 Å². The second-order valence-corrected chi connectivity index (χ2v) is 6.83. The van der Waals surface area contributed by atoms with Crippen molar-refractivity contribution in [2.45, 2.75) is 38.6 Å². The number of rotatable bonds is 3. The smallest absolute Gasteiger partial charge is 0.129 e. The summed E-state index contributed by atoms with van der Waals surface area (Å²) in [6, 6.07) is 4.53. The summed E-state index contributed by atoms with van der Waals surface area (Å²) in [5.74, 6) is 2.70. The minimum Gasteiger partial charge on any atom is -0.397 e. The molecule has 2 aliphatic carbocycles. The summed E-state index contributed by atoms with van der Waals surface area (Å²) in [5, 5.41) is 13.5. The Morgan fingerprint density at radius 3 is 2.89 bits per heavy atom. The molecule has 2 bridgehead atoms. The van der Waals surface area contributed by atoms with Crippen LogP contribution in [0, 0.1) is 29.1 Å². The highest BCUT2D eigenvalue weighted by Crippen LogP contribution is 2.50. The van der Waals surface area contributed by atoms with Gasteiger partial charge in [-0.2, -0.15) is 5.26 Å². The van der Waals surface area contributed by atoms with Crippen molar-refractivity contribution in [3.63, 3.8) is 0 Å². The fraction of sp³-hybridized carbons (Fsp3) is 0.643. The SMILES string of the molecule is CC(Nc1cc(N)c(C#N)s1)C1CC2CCC1C2. The summed E-state index contributed by atoms with van der Waals surface area (Å²) in [7, 11) is 0. The van der Waals surface area contributed by atoms with E-state index in [2.05, 4.69) is 18.3 Å². The first-order valence-electron chi connectivity index (χ1n) is 6.73. The van der Waals surface area contributed by atoms with Gasteiger partial charge in [0.25, 0.3) is 0 Å². The number of nitrogen functional groups attached to an aromatic ring is 1. The van der Waals surface area contributed by atoms with Crippen molar-refractivity contribution >= 4 is 22.0 Å². The lowest BCUT2D eigenvalue weighted by molar-refractivity contribution is 0.304. The zero-order chi connectivity index (χ0) is 12.7. The van der Waals surface area contributed by atoms with Gasteiger partial charge in [-0.05, 0) is 50.0 Å². The van der Waals surface area contributed by atoms with Crippen LogP contribution in [-0.2, 0) is 0 Å². The van der Waals surface area contributed by atoms with Gasteiger partial charge in [-0.1, -0.05) is 6.42 Å². The van der Waals surface area contributed by atoms with Gasteiger partial charge < -0.3 is 11.1 Å². The maximum absolute atomic E-state index is 8.92. The molecule has 3 rings (SSSR count). The molecule has 3 N–H and O–H groups in total.